The van der Waals surface area contributed by atoms with Crippen LogP contribution in [0.1, 0.15) is 55.6 Å². The third-order valence-corrected chi connectivity index (χ3v) is 16.3. The lowest BCUT2D eigenvalue weighted by Crippen LogP contribution is -2.07. The summed E-state index contributed by atoms with van der Waals surface area (Å²) < 4.78 is 219. The summed E-state index contributed by atoms with van der Waals surface area (Å²) in [5, 5.41) is 1.66. The van der Waals surface area contributed by atoms with Crippen molar-refractivity contribution in [2.45, 2.75) is 65.5 Å². The molecule has 12 aromatic rings. The molecular weight excluding hydrogens is 1180 g/mol. The Hall–Kier alpha value is -9.76. The maximum Gasteiger partial charge on any atom is 0.417 e. The van der Waals surface area contributed by atoms with Crippen LogP contribution in [0.15, 0.2) is 176 Å². The van der Waals surface area contributed by atoms with Crippen LogP contribution >= 0.6 is 0 Å². The number of hydrogen-bond acceptors (Lipinski definition) is 0. The fourth-order valence-corrected chi connectivity index (χ4v) is 12.2. The van der Waals surface area contributed by atoms with Crippen molar-refractivity contribution in [3.05, 3.63) is 243 Å². The predicted molar refractivity (Wildman–Crippen MR) is 317 cm³/mol. The molecule has 0 saturated heterocycles. The minimum absolute atomic E-state index is 0.000920. The molecule has 0 saturated carbocycles. The van der Waals surface area contributed by atoms with Crippen LogP contribution in [-0.4, -0.2) is 9.13 Å². The van der Waals surface area contributed by atoms with Crippen LogP contribution in [0, 0.1) is 41.2 Å². The van der Waals surface area contributed by atoms with Crippen molar-refractivity contribution in [3.63, 3.8) is 0 Å². The minimum Gasteiger partial charge on any atom is -0.308 e. The molecule has 448 valence electrons. The third kappa shape index (κ3) is 10.7. The zero-order chi connectivity index (χ0) is 63.8. The Kier molecular flexibility index (Phi) is 14.0. The Morgan fingerprint density at radius 3 is 1.00 bits per heavy atom. The molecule has 10 aromatic carbocycles. The van der Waals surface area contributed by atoms with E-state index in [1.165, 1.54) is 83.1 Å². The molecule has 89 heavy (non-hydrogen) atoms. The van der Waals surface area contributed by atoms with Gasteiger partial charge in [0.25, 0.3) is 0 Å². The molecule has 0 aliphatic rings. The molecule has 0 N–H and O–H groups in total. The summed E-state index contributed by atoms with van der Waals surface area (Å²) in [5.74, 6) is 0. The first kappa shape index (κ1) is 59.6. The number of halogens is 15. The second kappa shape index (κ2) is 21.0. The number of alkyl halides is 15. The number of aryl methyl sites for hydroxylation is 5. The lowest BCUT2D eigenvalue weighted by molar-refractivity contribution is -0.138. The van der Waals surface area contributed by atoms with Gasteiger partial charge in [0.05, 0.1) is 67.8 Å². The van der Waals surface area contributed by atoms with Gasteiger partial charge in [-0.25, -0.2) is 4.85 Å². The van der Waals surface area contributed by atoms with Crippen LogP contribution in [0.5, 0.6) is 0 Å². The Morgan fingerprint density at radius 1 is 0.292 bits per heavy atom. The van der Waals surface area contributed by atoms with E-state index < -0.39 is 58.7 Å². The molecule has 2 aromatic heterocycles. The van der Waals surface area contributed by atoms with Crippen molar-refractivity contribution in [2.24, 2.45) is 0 Å². The smallest absolute Gasteiger partial charge is 0.308 e. The number of nitrogens with zero attached hydrogens (tertiary/aromatic N) is 3. The highest BCUT2D eigenvalue weighted by Gasteiger charge is 2.37. The quantitative estimate of drug-likeness (QED) is 0.112. The highest BCUT2D eigenvalue weighted by atomic mass is 19.4. The molecule has 0 unspecified atom stereocenters. The minimum atomic E-state index is -4.83. The number of hydrogen-bond donors (Lipinski definition) is 0. The first-order valence-electron chi connectivity index (χ1n) is 27.4. The molecule has 0 atom stereocenters. The molecule has 0 aliphatic carbocycles. The normalized spacial score (nSPS) is 12.7. The lowest BCUT2D eigenvalue weighted by atomic mass is 9.95. The van der Waals surface area contributed by atoms with Gasteiger partial charge >= 0.3 is 30.9 Å². The Bertz CT molecular complexity index is 4840. The van der Waals surface area contributed by atoms with Crippen LogP contribution in [0.4, 0.5) is 71.5 Å². The fourth-order valence-electron chi connectivity index (χ4n) is 12.2. The SMILES string of the molecule is [C-]#[N+]c1cc(-n2c3ccc(-c4ccc(C(F)(F)F)cc4C)cc3c3cc(-c4ccc(C)cc4C(F)(F)F)ccc32)c(-n2c3ccc(-c4ccc(C(F)(F)F)cc4C)cc3c3cc(-c4ccc(C(F)(F)F)cc4C)ccc32)cc1-c1cc(C)cc(C(F)(F)F)c1. The highest BCUT2D eigenvalue weighted by molar-refractivity contribution is 6.14. The first-order chi connectivity index (χ1) is 41.8. The zero-order valence-corrected chi connectivity index (χ0v) is 47.3. The second-order valence-corrected chi connectivity index (χ2v) is 22.3. The monoisotopic (exact) mass is 1220 g/mol. The van der Waals surface area contributed by atoms with E-state index in [-0.39, 0.29) is 61.6 Å². The fraction of sp³-hybridized carbons (Fsp3) is 0.141. The maximum absolute atomic E-state index is 14.9. The van der Waals surface area contributed by atoms with Crippen LogP contribution in [-0.2, 0) is 30.9 Å². The molecule has 0 fully saturated rings. The molecule has 0 spiro atoms. The van der Waals surface area contributed by atoms with E-state index in [4.69, 9.17) is 6.57 Å². The van der Waals surface area contributed by atoms with Crippen LogP contribution in [0.3, 0.4) is 0 Å². The van der Waals surface area contributed by atoms with Gasteiger partial charge in [-0.1, -0.05) is 66.2 Å². The van der Waals surface area contributed by atoms with Crippen LogP contribution in [0.25, 0.3) is 115 Å². The summed E-state index contributed by atoms with van der Waals surface area (Å²) >= 11 is 0. The highest BCUT2D eigenvalue weighted by Crippen LogP contribution is 2.49. The van der Waals surface area contributed by atoms with Crippen molar-refractivity contribution in [1.29, 1.82) is 0 Å². The van der Waals surface area contributed by atoms with Crippen LogP contribution in [0.2, 0.25) is 0 Å². The maximum atomic E-state index is 14.9. The third-order valence-electron chi connectivity index (χ3n) is 16.3. The summed E-state index contributed by atoms with van der Waals surface area (Å²) in [6, 6.07) is 40.0. The lowest BCUT2D eigenvalue weighted by Gasteiger charge is -2.21. The number of rotatable bonds is 7. The van der Waals surface area contributed by atoms with E-state index in [9.17, 15) is 65.9 Å². The van der Waals surface area contributed by atoms with Gasteiger partial charge in [0.15, 0.2) is 5.69 Å². The van der Waals surface area contributed by atoms with E-state index in [1.54, 1.807) is 81.9 Å². The predicted octanol–water partition coefficient (Wildman–Crippen LogP) is 23.4. The largest absolute Gasteiger partial charge is 0.417 e. The summed E-state index contributed by atoms with van der Waals surface area (Å²) in [4.78, 5) is 3.90. The second-order valence-electron chi connectivity index (χ2n) is 22.3. The standard InChI is InChI=1S/C71H44F15N3/c1-36-7-15-53(59(25-36)71(84,85)86)44-11-22-64-58(33-44)57-32-43(52-18-14-48(28-40(52)5)69(78,79)80)10-21-63(57)89(64)66-35-60(87-6)54(45-23-37(2)24-49(29-45)70(81,82)83)34-65(66)88-61-19-8-41(50-16-12-46(26-38(50)3)67(72,73)74)30-55(61)56-31-42(9-20-62(56)88)51-17-13-47(27-39(51)4)68(75,76)77/h7-35H,1-5H3. The van der Waals surface area contributed by atoms with E-state index in [1.807, 2.05) is 0 Å². The molecule has 2 heterocycles. The summed E-state index contributed by atoms with van der Waals surface area (Å²) in [7, 11) is 0. The van der Waals surface area contributed by atoms with Gasteiger partial charge in [-0.3, -0.25) is 0 Å². The zero-order valence-electron chi connectivity index (χ0n) is 47.3. The summed E-state index contributed by atoms with van der Waals surface area (Å²) in [6.45, 7) is 16.2. The van der Waals surface area contributed by atoms with Gasteiger partial charge in [-0.05, 0) is 228 Å². The summed E-state index contributed by atoms with van der Waals surface area (Å²) in [6.07, 6.45) is -23.6. The van der Waals surface area contributed by atoms with E-state index >= 15 is 0 Å². The van der Waals surface area contributed by atoms with Gasteiger partial charge < -0.3 is 9.13 Å². The molecule has 0 amide bonds. The van der Waals surface area contributed by atoms with E-state index in [0.29, 0.717) is 82.6 Å². The van der Waals surface area contributed by atoms with Crippen LogP contribution < -0.4 is 0 Å². The molecular formula is C71H44F15N3. The van der Waals surface area contributed by atoms with Crippen molar-refractivity contribution in [3.8, 4) is 67.0 Å². The molecule has 0 aliphatic heterocycles. The average molecular weight is 1220 g/mol. The molecule has 18 heteroatoms. The van der Waals surface area contributed by atoms with Gasteiger partial charge in [0, 0.05) is 21.5 Å². The molecule has 0 radical (unpaired) electrons. The molecule has 3 nitrogen and oxygen atoms in total. The number of fused-ring (bicyclic) bond motifs is 6. The number of aromatic nitrogens is 2. The van der Waals surface area contributed by atoms with E-state index in [2.05, 4.69) is 4.85 Å². The van der Waals surface area contributed by atoms with Crippen molar-refractivity contribution in [2.75, 3.05) is 0 Å². The van der Waals surface area contributed by atoms with Crippen molar-refractivity contribution in [1.82, 2.24) is 9.13 Å². The first-order valence-corrected chi connectivity index (χ1v) is 27.4. The Balaban J connectivity index is 1.21. The Morgan fingerprint density at radius 2 is 0.652 bits per heavy atom. The van der Waals surface area contributed by atoms with Gasteiger partial charge in [0.2, 0.25) is 0 Å². The van der Waals surface area contributed by atoms with Crippen molar-refractivity contribution >= 4 is 49.3 Å². The number of benzene rings is 10. The Labute approximate surface area is 497 Å². The summed E-state index contributed by atoms with van der Waals surface area (Å²) in [5.41, 5.74) is 1.10. The van der Waals surface area contributed by atoms with Gasteiger partial charge in [0.1, 0.15) is 0 Å². The van der Waals surface area contributed by atoms with E-state index in [0.717, 1.165) is 54.6 Å². The molecule has 12 rings (SSSR count). The van der Waals surface area contributed by atoms with Crippen molar-refractivity contribution < 1.29 is 65.9 Å². The average Bonchev–Trinajstić information content (AvgIpc) is 1.59. The topological polar surface area (TPSA) is 14.2 Å². The van der Waals surface area contributed by atoms with Gasteiger partial charge in [-0.2, -0.15) is 65.9 Å². The van der Waals surface area contributed by atoms with Gasteiger partial charge in [-0.15, -0.1) is 0 Å². The molecule has 0 bridgehead atoms.